The first-order valence-electron chi connectivity index (χ1n) is 7.76. The van der Waals surface area contributed by atoms with Gasteiger partial charge in [0, 0.05) is 0 Å². The number of benzene rings is 1. The molecular weight excluding hydrogens is 271 g/mol. The van der Waals surface area contributed by atoms with E-state index in [9.17, 15) is 9.18 Å². The number of unbranched alkanes of at least 4 members (excludes halogenated alkanes) is 2. The Hall–Kier alpha value is -1.42. The van der Waals surface area contributed by atoms with Crippen molar-refractivity contribution in [3.8, 4) is 0 Å². The van der Waals surface area contributed by atoms with Crippen LogP contribution >= 0.6 is 0 Å². The molecule has 2 atom stereocenters. The molecule has 1 fully saturated rings. The smallest absolute Gasteiger partial charge is 0.338 e. The van der Waals surface area contributed by atoms with Gasteiger partial charge in [0.1, 0.15) is 5.82 Å². The van der Waals surface area contributed by atoms with E-state index < -0.39 is 11.8 Å². The summed E-state index contributed by atoms with van der Waals surface area (Å²) in [6, 6.07) is 4.28. The zero-order chi connectivity index (χ0) is 15.2. The number of rotatable bonds is 6. The number of carboxylic acids is 1. The van der Waals surface area contributed by atoms with Crippen LogP contribution in [0.15, 0.2) is 18.2 Å². The van der Waals surface area contributed by atoms with E-state index in [1.165, 1.54) is 37.8 Å². The molecule has 0 saturated carbocycles. The summed E-state index contributed by atoms with van der Waals surface area (Å²) in [6.07, 6.45) is 6.81. The first-order chi connectivity index (χ1) is 10.1. The van der Waals surface area contributed by atoms with Crippen LogP contribution in [-0.2, 0) is 4.74 Å². The van der Waals surface area contributed by atoms with Crippen molar-refractivity contribution in [2.24, 2.45) is 5.92 Å². The summed E-state index contributed by atoms with van der Waals surface area (Å²) in [4.78, 5) is 10.8. The van der Waals surface area contributed by atoms with Crippen LogP contribution in [0.3, 0.4) is 0 Å². The Morgan fingerprint density at radius 3 is 2.76 bits per heavy atom. The first kappa shape index (κ1) is 16.0. The molecule has 1 N–H and O–H groups in total. The summed E-state index contributed by atoms with van der Waals surface area (Å²) < 4.78 is 19.6. The number of hydrogen-bond donors (Lipinski definition) is 1. The van der Waals surface area contributed by atoms with Gasteiger partial charge in [-0.15, -0.1) is 0 Å². The fraction of sp³-hybridized carbons (Fsp3) is 0.588. The van der Waals surface area contributed by atoms with Crippen molar-refractivity contribution >= 4 is 5.97 Å². The molecule has 0 amide bonds. The van der Waals surface area contributed by atoms with E-state index in [0.29, 0.717) is 5.92 Å². The predicted octanol–water partition coefficient (Wildman–Crippen LogP) is 4.57. The molecule has 0 bridgehead atoms. The lowest BCUT2D eigenvalue weighted by Crippen LogP contribution is -2.21. The molecule has 4 heteroatoms. The molecule has 1 aliphatic heterocycles. The molecule has 2 rings (SSSR count). The molecule has 3 nitrogen and oxygen atoms in total. The fourth-order valence-electron chi connectivity index (χ4n) is 2.88. The van der Waals surface area contributed by atoms with Crippen LogP contribution in [0.4, 0.5) is 4.39 Å². The lowest BCUT2D eigenvalue weighted by Gasteiger charge is -2.29. The highest BCUT2D eigenvalue weighted by Gasteiger charge is 2.23. The first-order valence-corrected chi connectivity index (χ1v) is 7.76. The zero-order valence-electron chi connectivity index (χ0n) is 12.5. The third-order valence-corrected chi connectivity index (χ3v) is 4.18. The predicted molar refractivity (Wildman–Crippen MR) is 78.9 cm³/mol. The Kier molecular flexibility index (Phi) is 5.74. The lowest BCUT2D eigenvalue weighted by molar-refractivity contribution is -0.0200. The third-order valence-electron chi connectivity index (χ3n) is 4.18. The Morgan fingerprint density at radius 1 is 1.38 bits per heavy atom. The number of carbonyl (C=O) groups is 1. The van der Waals surface area contributed by atoms with Gasteiger partial charge in [0.05, 0.1) is 18.3 Å². The van der Waals surface area contributed by atoms with Gasteiger partial charge in [0.25, 0.3) is 0 Å². The Bertz CT molecular complexity index is 479. The maximum absolute atomic E-state index is 13.7. The van der Waals surface area contributed by atoms with Crippen LogP contribution in [0.5, 0.6) is 0 Å². The van der Waals surface area contributed by atoms with Crippen LogP contribution in [0, 0.1) is 11.7 Å². The van der Waals surface area contributed by atoms with Crippen molar-refractivity contribution in [3.63, 3.8) is 0 Å². The molecule has 0 aromatic heterocycles. The second kappa shape index (κ2) is 7.55. The van der Waals surface area contributed by atoms with Gasteiger partial charge < -0.3 is 9.84 Å². The third kappa shape index (κ3) is 4.27. The van der Waals surface area contributed by atoms with Gasteiger partial charge in [-0.1, -0.05) is 32.3 Å². The highest BCUT2D eigenvalue weighted by molar-refractivity contribution is 5.87. The van der Waals surface area contributed by atoms with Crippen LogP contribution in [0.1, 0.15) is 67.5 Å². The molecule has 21 heavy (non-hydrogen) atoms. The molecule has 1 aromatic rings. The van der Waals surface area contributed by atoms with E-state index >= 15 is 0 Å². The number of aromatic carboxylic acids is 1. The van der Waals surface area contributed by atoms with Gasteiger partial charge in [0.15, 0.2) is 0 Å². The number of halogens is 1. The van der Waals surface area contributed by atoms with Crippen molar-refractivity contribution in [2.45, 2.75) is 51.6 Å². The molecule has 1 saturated heterocycles. The molecule has 2 unspecified atom stereocenters. The van der Waals surface area contributed by atoms with Gasteiger partial charge in [-0.3, -0.25) is 0 Å². The summed E-state index contributed by atoms with van der Waals surface area (Å²) in [5, 5.41) is 8.83. The monoisotopic (exact) mass is 294 g/mol. The molecule has 1 heterocycles. The number of ether oxygens (including phenoxy) is 1. The van der Waals surface area contributed by atoms with E-state index in [0.717, 1.165) is 25.0 Å². The summed E-state index contributed by atoms with van der Waals surface area (Å²) >= 11 is 0. The van der Waals surface area contributed by atoms with Crippen LogP contribution < -0.4 is 0 Å². The molecule has 0 spiro atoms. The molecule has 0 aliphatic carbocycles. The van der Waals surface area contributed by atoms with Gasteiger partial charge >= 0.3 is 5.97 Å². The van der Waals surface area contributed by atoms with Crippen LogP contribution in [-0.4, -0.2) is 17.7 Å². The average Bonchev–Trinajstić information content (AvgIpc) is 2.48. The van der Waals surface area contributed by atoms with Gasteiger partial charge in [-0.05, 0) is 42.9 Å². The minimum Gasteiger partial charge on any atom is -0.478 e. The topological polar surface area (TPSA) is 46.5 Å². The maximum atomic E-state index is 13.7. The minimum atomic E-state index is -1.24. The van der Waals surface area contributed by atoms with Gasteiger partial charge in [0.2, 0.25) is 0 Å². The molecule has 116 valence electrons. The van der Waals surface area contributed by atoms with Crippen molar-refractivity contribution in [3.05, 3.63) is 35.1 Å². The average molecular weight is 294 g/mol. The summed E-state index contributed by atoms with van der Waals surface area (Å²) in [7, 11) is 0. The largest absolute Gasteiger partial charge is 0.478 e. The van der Waals surface area contributed by atoms with Gasteiger partial charge in [-0.2, -0.15) is 0 Å². The number of hydrogen-bond acceptors (Lipinski definition) is 2. The maximum Gasteiger partial charge on any atom is 0.338 e. The molecular formula is C17H23FO3. The van der Waals surface area contributed by atoms with E-state index in [1.807, 2.05) is 0 Å². The quantitative estimate of drug-likeness (QED) is 0.782. The van der Waals surface area contributed by atoms with E-state index in [2.05, 4.69) is 6.92 Å². The zero-order valence-corrected chi connectivity index (χ0v) is 12.5. The van der Waals surface area contributed by atoms with E-state index in [4.69, 9.17) is 9.84 Å². The normalized spacial score (nSPS) is 22.2. The minimum absolute atomic E-state index is 0.107. The van der Waals surface area contributed by atoms with Crippen molar-refractivity contribution < 1.29 is 19.0 Å². The second-order valence-corrected chi connectivity index (χ2v) is 5.81. The second-order valence-electron chi connectivity index (χ2n) is 5.81. The molecule has 1 aliphatic rings. The summed E-state index contributed by atoms with van der Waals surface area (Å²) in [5.41, 5.74) is 0.455. The summed E-state index contributed by atoms with van der Waals surface area (Å²) in [6.45, 7) is 2.92. The molecule has 1 aromatic carbocycles. The van der Waals surface area contributed by atoms with Crippen LogP contribution in [0.25, 0.3) is 0 Å². The molecule has 0 radical (unpaired) electrons. The number of carboxylic acid groups (broad SMARTS) is 1. The highest BCUT2D eigenvalue weighted by Crippen LogP contribution is 2.33. The SMILES string of the molecule is CCCCCC1CCC(c2ccc(C(=O)O)c(F)c2)OC1. The fourth-order valence-corrected chi connectivity index (χ4v) is 2.88. The Morgan fingerprint density at radius 2 is 2.19 bits per heavy atom. The highest BCUT2D eigenvalue weighted by atomic mass is 19.1. The van der Waals surface area contributed by atoms with Crippen molar-refractivity contribution in [1.29, 1.82) is 0 Å². The van der Waals surface area contributed by atoms with Crippen molar-refractivity contribution in [1.82, 2.24) is 0 Å². The van der Waals surface area contributed by atoms with Gasteiger partial charge in [-0.25, -0.2) is 9.18 Å². The summed E-state index contributed by atoms with van der Waals surface area (Å²) in [5.74, 6) is -1.32. The van der Waals surface area contributed by atoms with E-state index in [-0.39, 0.29) is 11.7 Å². The Labute approximate surface area is 125 Å². The Balaban J connectivity index is 1.90. The van der Waals surface area contributed by atoms with Crippen LogP contribution in [0.2, 0.25) is 0 Å². The van der Waals surface area contributed by atoms with Crippen molar-refractivity contribution in [2.75, 3.05) is 6.61 Å². The van der Waals surface area contributed by atoms with E-state index in [1.54, 1.807) is 6.07 Å². The lowest BCUT2D eigenvalue weighted by atomic mass is 9.90. The standard InChI is InChI=1S/C17H23FO3/c1-2-3-4-5-12-6-9-16(21-11-12)13-7-8-14(17(19)20)15(18)10-13/h7-8,10,12,16H,2-6,9,11H2,1H3,(H,19,20).